The summed E-state index contributed by atoms with van der Waals surface area (Å²) in [6, 6.07) is 0. The Kier molecular flexibility index (Phi) is 4.61. The standard InChI is InChI=1S/C15H17N5O/c1-4-6-7-8-11(5-2)15(21)18-14-13-12(19-20-14)9-16-10(3)17-13/h4-9H,1-3H3,(H2,18,19,20,21)/b6-4-,8-7-,11-5+. The smallest absolute Gasteiger partial charge is 0.256 e. The molecule has 1 amide bonds. The van der Waals surface area contributed by atoms with Crippen LogP contribution in [0.15, 0.2) is 42.2 Å². The van der Waals surface area contributed by atoms with Crippen molar-refractivity contribution >= 4 is 22.8 Å². The van der Waals surface area contributed by atoms with Crippen molar-refractivity contribution in [1.29, 1.82) is 0 Å². The van der Waals surface area contributed by atoms with Gasteiger partial charge in [-0.05, 0) is 26.8 Å². The zero-order chi connectivity index (χ0) is 15.2. The Balaban J connectivity index is 2.23. The van der Waals surface area contributed by atoms with Crippen LogP contribution in [0, 0.1) is 6.92 Å². The number of fused-ring (bicyclic) bond motifs is 1. The predicted octanol–water partition coefficient (Wildman–Crippen LogP) is 2.68. The topological polar surface area (TPSA) is 83.6 Å². The maximum absolute atomic E-state index is 12.2. The van der Waals surface area contributed by atoms with Gasteiger partial charge in [0.25, 0.3) is 5.91 Å². The second kappa shape index (κ2) is 6.60. The van der Waals surface area contributed by atoms with Gasteiger partial charge in [0.15, 0.2) is 5.82 Å². The Labute approximate surface area is 122 Å². The Morgan fingerprint density at radius 1 is 1.33 bits per heavy atom. The molecule has 0 radical (unpaired) electrons. The molecule has 0 aromatic carbocycles. The lowest BCUT2D eigenvalue weighted by Crippen LogP contribution is -2.14. The molecule has 2 aromatic rings. The molecule has 2 rings (SSSR count). The molecule has 0 aliphatic heterocycles. The summed E-state index contributed by atoms with van der Waals surface area (Å²) in [6.45, 7) is 5.51. The van der Waals surface area contributed by atoms with Crippen LogP contribution in [-0.2, 0) is 4.79 Å². The van der Waals surface area contributed by atoms with Gasteiger partial charge in [-0.3, -0.25) is 9.89 Å². The largest absolute Gasteiger partial charge is 0.303 e. The first-order chi connectivity index (χ1) is 10.2. The van der Waals surface area contributed by atoms with Gasteiger partial charge in [0.05, 0.1) is 6.20 Å². The molecule has 0 unspecified atom stereocenters. The number of amides is 1. The van der Waals surface area contributed by atoms with E-state index in [1.54, 1.807) is 25.3 Å². The van der Waals surface area contributed by atoms with E-state index in [2.05, 4.69) is 25.5 Å². The first-order valence-corrected chi connectivity index (χ1v) is 6.60. The number of nitrogens with zero attached hydrogens (tertiary/aromatic N) is 3. The molecule has 2 heterocycles. The molecule has 2 aromatic heterocycles. The van der Waals surface area contributed by atoms with Crippen LogP contribution in [-0.4, -0.2) is 26.1 Å². The van der Waals surface area contributed by atoms with Gasteiger partial charge in [-0.1, -0.05) is 24.3 Å². The Morgan fingerprint density at radius 2 is 2.14 bits per heavy atom. The normalized spacial score (nSPS) is 12.6. The summed E-state index contributed by atoms with van der Waals surface area (Å²) >= 11 is 0. The number of aryl methyl sites for hydroxylation is 1. The van der Waals surface area contributed by atoms with Crippen LogP contribution in [0.1, 0.15) is 19.7 Å². The van der Waals surface area contributed by atoms with Crippen molar-refractivity contribution in [1.82, 2.24) is 20.2 Å². The zero-order valence-corrected chi connectivity index (χ0v) is 12.2. The Morgan fingerprint density at radius 3 is 2.86 bits per heavy atom. The zero-order valence-electron chi connectivity index (χ0n) is 12.2. The van der Waals surface area contributed by atoms with E-state index in [0.29, 0.717) is 28.2 Å². The number of H-pyrrole nitrogens is 1. The summed E-state index contributed by atoms with van der Waals surface area (Å²) in [5, 5.41) is 9.61. The molecular formula is C15H17N5O. The average molecular weight is 283 g/mol. The molecule has 108 valence electrons. The number of rotatable bonds is 4. The van der Waals surface area contributed by atoms with E-state index in [-0.39, 0.29) is 5.91 Å². The molecule has 21 heavy (non-hydrogen) atoms. The molecule has 0 fully saturated rings. The third-order valence-electron chi connectivity index (χ3n) is 2.81. The quantitative estimate of drug-likeness (QED) is 0.667. The average Bonchev–Trinajstić information content (AvgIpc) is 2.86. The SMILES string of the molecule is C\C=C/C=C\C(=C/C)C(=O)Nc1n[nH]c2cnc(C)nc12. The molecule has 2 N–H and O–H groups in total. The van der Waals surface area contributed by atoms with Crippen LogP contribution in [0.2, 0.25) is 0 Å². The van der Waals surface area contributed by atoms with Crippen LogP contribution in [0.25, 0.3) is 11.0 Å². The maximum Gasteiger partial charge on any atom is 0.256 e. The number of aromatic nitrogens is 4. The summed E-state index contributed by atoms with van der Waals surface area (Å²) in [7, 11) is 0. The Bertz CT molecular complexity index is 740. The van der Waals surface area contributed by atoms with Crippen LogP contribution in [0.4, 0.5) is 5.82 Å². The summed E-state index contributed by atoms with van der Waals surface area (Å²) in [6.07, 6.45) is 10.7. The van der Waals surface area contributed by atoms with Crippen LogP contribution in [0.3, 0.4) is 0 Å². The summed E-state index contributed by atoms with van der Waals surface area (Å²) in [5.74, 6) is 0.792. The minimum absolute atomic E-state index is 0.233. The number of aromatic amines is 1. The van der Waals surface area contributed by atoms with Gasteiger partial charge < -0.3 is 5.32 Å². The number of anilines is 1. The highest BCUT2D eigenvalue weighted by Gasteiger charge is 2.12. The number of carbonyl (C=O) groups is 1. The number of nitrogens with one attached hydrogen (secondary N) is 2. The van der Waals surface area contributed by atoms with E-state index in [9.17, 15) is 4.79 Å². The molecule has 0 saturated carbocycles. The van der Waals surface area contributed by atoms with Crippen molar-refractivity contribution in [3.63, 3.8) is 0 Å². The number of hydrogen-bond acceptors (Lipinski definition) is 4. The lowest BCUT2D eigenvalue weighted by Gasteiger charge is -2.02. The maximum atomic E-state index is 12.2. The van der Waals surface area contributed by atoms with E-state index in [1.807, 2.05) is 32.1 Å². The van der Waals surface area contributed by atoms with E-state index in [1.165, 1.54) is 0 Å². The minimum Gasteiger partial charge on any atom is -0.303 e. The first kappa shape index (κ1) is 14.6. The molecule has 0 spiro atoms. The molecule has 0 aliphatic rings. The molecule has 0 atom stereocenters. The van der Waals surface area contributed by atoms with Crippen LogP contribution >= 0.6 is 0 Å². The van der Waals surface area contributed by atoms with E-state index >= 15 is 0 Å². The van der Waals surface area contributed by atoms with Gasteiger partial charge in [0.1, 0.15) is 16.9 Å². The number of carbonyl (C=O) groups excluding carboxylic acids is 1. The van der Waals surface area contributed by atoms with Crippen molar-refractivity contribution in [2.45, 2.75) is 20.8 Å². The molecular weight excluding hydrogens is 266 g/mol. The summed E-state index contributed by atoms with van der Waals surface area (Å²) < 4.78 is 0. The lowest BCUT2D eigenvalue weighted by atomic mass is 10.2. The first-order valence-electron chi connectivity index (χ1n) is 6.60. The number of hydrogen-bond donors (Lipinski definition) is 2. The molecule has 0 aliphatic carbocycles. The van der Waals surface area contributed by atoms with Gasteiger partial charge >= 0.3 is 0 Å². The van der Waals surface area contributed by atoms with Crippen molar-refractivity contribution in [3.8, 4) is 0 Å². The second-order valence-electron chi connectivity index (χ2n) is 4.33. The highest BCUT2D eigenvalue weighted by molar-refractivity contribution is 6.08. The second-order valence-corrected chi connectivity index (χ2v) is 4.33. The summed E-state index contributed by atoms with van der Waals surface area (Å²) in [5.41, 5.74) is 1.83. The fraction of sp³-hybridized carbons (Fsp3) is 0.200. The third kappa shape index (κ3) is 3.42. The molecule has 0 bridgehead atoms. The monoisotopic (exact) mass is 283 g/mol. The molecule has 0 saturated heterocycles. The highest BCUT2D eigenvalue weighted by Crippen LogP contribution is 2.17. The van der Waals surface area contributed by atoms with Gasteiger partial charge in [0.2, 0.25) is 0 Å². The molecule has 6 nitrogen and oxygen atoms in total. The predicted molar refractivity (Wildman–Crippen MR) is 82.8 cm³/mol. The van der Waals surface area contributed by atoms with Gasteiger partial charge in [-0.2, -0.15) is 5.10 Å². The minimum atomic E-state index is -0.233. The molecule has 6 heteroatoms. The van der Waals surface area contributed by atoms with Gasteiger partial charge in [-0.25, -0.2) is 9.97 Å². The van der Waals surface area contributed by atoms with E-state index in [0.717, 1.165) is 0 Å². The van der Waals surface area contributed by atoms with E-state index in [4.69, 9.17) is 0 Å². The van der Waals surface area contributed by atoms with Gasteiger partial charge in [0, 0.05) is 5.57 Å². The third-order valence-corrected chi connectivity index (χ3v) is 2.81. The fourth-order valence-corrected chi connectivity index (χ4v) is 1.74. The van der Waals surface area contributed by atoms with Gasteiger partial charge in [-0.15, -0.1) is 0 Å². The van der Waals surface area contributed by atoms with Crippen molar-refractivity contribution in [2.24, 2.45) is 0 Å². The van der Waals surface area contributed by atoms with Crippen molar-refractivity contribution < 1.29 is 4.79 Å². The van der Waals surface area contributed by atoms with Crippen LogP contribution in [0.5, 0.6) is 0 Å². The lowest BCUT2D eigenvalue weighted by molar-refractivity contribution is -0.112. The summed E-state index contributed by atoms with van der Waals surface area (Å²) in [4.78, 5) is 20.6. The van der Waals surface area contributed by atoms with E-state index < -0.39 is 0 Å². The Hall–Kier alpha value is -2.76. The van der Waals surface area contributed by atoms with Crippen molar-refractivity contribution in [3.05, 3.63) is 48.0 Å². The van der Waals surface area contributed by atoms with Crippen LogP contribution < -0.4 is 5.32 Å². The number of allylic oxidation sites excluding steroid dienone is 4. The highest BCUT2D eigenvalue weighted by atomic mass is 16.1. The fourth-order valence-electron chi connectivity index (χ4n) is 1.74. The van der Waals surface area contributed by atoms with Crippen molar-refractivity contribution in [2.75, 3.05) is 5.32 Å².